The highest BCUT2D eigenvalue weighted by molar-refractivity contribution is 7.23. The van der Waals surface area contributed by atoms with Crippen LogP contribution < -0.4 is 15.4 Å². The molecule has 12 nitrogen and oxygen atoms in total. The van der Waals surface area contributed by atoms with Crippen LogP contribution in [0.4, 0.5) is 19.6 Å². The average Bonchev–Trinajstić information content (AvgIpc) is 3.40. The van der Waals surface area contributed by atoms with Crippen molar-refractivity contribution in [1.29, 1.82) is 5.26 Å². The Labute approximate surface area is 304 Å². The van der Waals surface area contributed by atoms with Gasteiger partial charge in [-0.05, 0) is 50.2 Å². The third-order valence-electron chi connectivity index (χ3n) is 11.8. The monoisotopic (exact) mass is 732 g/mol. The molecule has 9 rings (SSSR count). The van der Waals surface area contributed by atoms with E-state index in [0.29, 0.717) is 42.6 Å². The summed E-state index contributed by atoms with van der Waals surface area (Å²) in [5, 5.41) is 21.1. The maximum absolute atomic E-state index is 17.5. The molecule has 274 valence electrons. The number of nitrogens with zero attached hydrogens (tertiary/aromatic N) is 7. The molecule has 1 aliphatic carbocycles. The SMILES string of the molecule is COC[C@@H]1CCN1CC1(COc2nc(N3C4CCC3CN(C[C@@H](C)O)C4)c3c4c(c(-c5ncc(F)c6sc(N)c(C#N)c56)c(F)c3n2)COC4)CC1. The van der Waals surface area contributed by atoms with Crippen molar-refractivity contribution in [3.8, 4) is 23.3 Å². The summed E-state index contributed by atoms with van der Waals surface area (Å²) < 4.78 is 50.7. The highest BCUT2D eigenvalue weighted by Gasteiger charge is 2.48. The molecular weight excluding hydrogens is 691 g/mol. The number of likely N-dealkylation sites (tertiary alicyclic amines) is 2. The van der Waals surface area contributed by atoms with E-state index in [1.54, 1.807) is 14.0 Å². The van der Waals surface area contributed by atoms with Crippen LogP contribution in [0.5, 0.6) is 6.01 Å². The molecule has 2 unspecified atom stereocenters. The Morgan fingerprint density at radius 2 is 1.92 bits per heavy atom. The topological polar surface area (TPSA) is 146 Å². The average molecular weight is 733 g/mol. The summed E-state index contributed by atoms with van der Waals surface area (Å²) in [4.78, 5) is 21.3. The summed E-state index contributed by atoms with van der Waals surface area (Å²) in [5.74, 6) is -0.651. The van der Waals surface area contributed by atoms with Crippen molar-refractivity contribution >= 4 is 43.1 Å². The number of nitriles is 1. The van der Waals surface area contributed by atoms with Crippen LogP contribution in [0, 0.1) is 28.4 Å². The number of aliphatic hydroxyl groups is 1. The first-order chi connectivity index (χ1) is 25.2. The number of nitrogens with two attached hydrogens (primary N) is 1. The van der Waals surface area contributed by atoms with Gasteiger partial charge in [-0.15, -0.1) is 11.3 Å². The van der Waals surface area contributed by atoms with Crippen LogP contribution in [0.15, 0.2) is 6.20 Å². The number of ether oxygens (including phenoxy) is 3. The fraction of sp³-hybridized carbons (Fsp3) is 0.568. The lowest BCUT2D eigenvalue weighted by molar-refractivity contribution is 0.00302. The van der Waals surface area contributed by atoms with Gasteiger partial charge in [0.25, 0.3) is 0 Å². The largest absolute Gasteiger partial charge is 0.463 e. The minimum Gasteiger partial charge on any atom is -0.463 e. The fourth-order valence-electron chi connectivity index (χ4n) is 8.99. The van der Waals surface area contributed by atoms with Crippen molar-refractivity contribution in [1.82, 2.24) is 24.8 Å². The number of benzene rings is 1. The molecule has 3 N–H and O–H groups in total. The number of aromatic nitrogens is 3. The summed E-state index contributed by atoms with van der Waals surface area (Å²) >= 11 is 0.948. The van der Waals surface area contributed by atoms with E-state index in [1.165, 1.54) is 0 Å². The molecule has 3 saturated heterocycles. The lowest BCUT2D eigenvalue weighted by Gasteiger charge is -2.43. The van der Waals surface area contributed by atoms with Crippen molar-refractivity contribution in [2.45, 2.75) is 76.5 Å². The summed E-state index contributed by atoms with van der Waals surface area (Å²) in [6.45, 7) is 7.25. The van der Waals surface area contributed by atoms with E-state index in [2.05, 4.69) is 25.8 Å². The van der Waals surface area contributed by atoms with Gasteiger partial charge in [0.15, 0.2) is 11.6 Å². The van der Waals surface area contributed by atoms with E-state index < -0.39 is 17.7 Å². The summed E-state index contributed by atoms with van der Waals surface area (Å²) in [6, 6.07) is 2.81. The quantitative estimate of drug-likeness (QED) is 0.223. The van der Waals surface area contributed by atoms with E-state index in [9.17, 15) is 10.4 Å². The third kappa shape index (κ3) is 5.57. The number of fused-ring (bicyclic) bond motifs is 6. The van der Waals surface area contributed by atoms with Crippen molar-refractivity contribution in [2.75, 3.05) is 63.7 Å². The molecule has 4 fully saturated rings. The highest BCUT2D eigenvalue weighted by Crippen LogP contribution is 2.50. The van der Waals surface area contributed by atoms with Crippen molar-refractivity contribution in [3.63, 3.8) is 0 Å². The lowest BCUT2D eigenvalue weighted by atomic mass is 9.93. The maximum atomic E-state index is 17.5. The van der Waals surface area contributed by atoms with Gasteiger partial charge in [0.2, 0.25) is 0 Å². The maximum Gasteiger partial charge on any atom is 0.319 e. The van der Waals surface area contributed by atoms with Crippen molar-refractivity contribution < 1.29 is 28.1 Å². The minimum absolute atomic E-state index is 0.0256. The third-order valence-corrected chi connectivity index (χ3v) is 12.8. The van der Waals surface area contributed by atoms with E-state index in [0.717, 1.165) is 81.4 Å². The molecule has 4 atom stereocenters. The number of hydrogen-bond donors (Lipinski definition) is 2. The molecule has 7 heterocycles. The molecule has 4 aromatic rings. The number of halogens is 2. The van der Waals surface area contributed by atoms with Crippen molar-refractivity contribution in [3.05, 3.63) is 34.5 Å². The Bertz CT molecular complexity index is 2110. The van der Waals surface area contributed by atoms with Gasteiger partial charge in [0.05, 0.1) is 60.1 Å². The number of β-amino-alcohol motifs (C(OH)–C–C–N with tert-alkyl or cyclic N) is 1. The molecule has 1 aromatic carbocycles. The number of nitrogen functional groups attached to an aromatic ring is 1. The Kier molecular flexibility index (Phi) is 8.48. The summed E-state index contributed by atoms with van der Waals surface area (Å²) in [5.41, 5.74) is 7.88. The predicted molar refractivity (Wildman–Crippen MR) is 192 cm³/mol. The summed E-state index contributed by atoms with van der Waals surface area (Å²) in [6.07, 6.45) is 5.66. The van der Waals surface area contributed by atoms with Crippen LogP contribution in [0.2, 0.25) is 0 Å². The standard InChI is InChI=1S/C37H42F2N8O4S/c1-19(48)11-45-12-20-3-4-21(13-45)47(20)35-29-25-16-50-15-24(25)27(31-28-23(9-40)34(41)52-33(28)26(38)10-42-31)30(39)32(29)43-36(44-35)51-18-37(6-7-37)17-46-8-5-22(46)14-49-2/h10,19-22,48H,3-8,11-18,41H2,1-2H3/t19-,20?,21?,22+/m1/s1. The van der Waals surface area contributed by atoms with Crippen molar-refractivity contribution in [2.24, 2.45) is 5.41 Å². The molecule has 0 spiro atoms. The van der Waals surface area contributed by atoms with E-state index >= 15 is 8.78 Å². The van der Waals surface area contributed by atoms with E-state index in [1.807, 2.05) is 0 Å². The smallest absolute Gasteiger partial charge is 0.319 e. The Hall–Kier alpha value is -3.78. The van der Waals surface area contributed by atoms with Crippen LogP contribution in [0.25, 0.3) is 32.2 Å². The number of methoxy groups -OCH3 is 1. The zero-order valence-electron chi connectivity index (χ0n) is 29.3. The minimum atomic E-state index is -0.647. The first kappa shape index (κ1) is 34.0. The Morgan fingerprint density at radius 3 is 2.60 bits per heavy atom. The first-order valence-corrected chi connectivity index (χ1v) is 18.9. The molecule has 15 heteroatoms. The second kappa shape index (κ2) is 13.0. The summed E-state index contributed by atoms with van der Waals surface area (Å²) in [7, 11) is 1.74. The van der Waals surface area contributed by atoms with Crippen LogP contribution in [-0.2, 0) is 22.7 Å². The van der Waals surface area contributed by atoms with E-state index in [4.69, 9.17) is 29.9 Å². The molecule has 0 amide bonds. The Balaban J connectivity index is 1.18. The first-order valence-electron chi connectivity index (χ1n) is 18.1. The van der Waals surface area contributed by atoms with Gasteiger partial charge < -0.3 is 30.0 Å². The zero-order chi connectivity index (χ0) is 35.9. The number of pyridine rings is 1. The molecule has 2 bridgehead atoms. The normalized spacial score (nSPS) is 24.3. The molecular formula is C37H42F2N8O4S. The molecule has 52 heavy (non-hydrogen) atoms. The van der Waals surface area contributed by atoms with E-state index in [-0.39, 0.29) is 74.1 Å². The second-order valence-corrected chi connectivity index (χ2v) is 16.4. The van der Waals surface area contributed by atoms with Gasteiger partial charge in [0.1, 0.15) is 22.4 Å². The molecule has 1 saturated carbocycles. The number of aliphatic hydroxyl groups excluding tert-OH is 1. The predicted octanol–water partition coefficient (Wildman–Crippen LogP) is 4.58. The molecule has 3 aromatic heterocycles. The van der Waals surface area contributed by atoms with Gasteiger partial charge in [0, 0.05) is 74.3 Å². The second-order valence-electron chi connectivity index (χ2n) is 15.3. The van der Waals surface area contributed by atoms with Gasteiger partial charge in [-0.3, -0.25) is 14.8 Å². The van der Waals surface area contributed by atoms with Crippen LogP contribution in [-0.4, -0.2) is 107 Å². The number of hydrogen-bond acceptors (Lipinski definition) is 13. The number of thiophene rings is 1. The van der Waals surface area contributed by atoms with Gasteiger partial charge in [-0.25, -0.2) is 8.78 Å². The van der Waals surface area contributed by atoms with Gasteiger partial charge >= 0.3 is 6.01 Å². The van der Waals surface area contributed by atoms with Crippen LogP contribution in [0.3, 0.4) is 0 Å². The zero-order valence-corrected chi connectivity index (χ0v) is 30.1. The molecule has 0 radical (unpaired) electrons. The molecule has 4 aliphatic heterocycles. The fourth-order valence-corrected chi connectivity index (χ4v) is 9.91. The van der Waals surface area contributed by atoms with Crippen LogP contribution >= 0.6 is 11.3 Å². The number of anilines is 2. The number of piperazine rings is 1. The van der Waals surface area contributed by atoms with Gasteiger partial charge in [-0.1, -0.05) is 0 Å². The Morgan fingerprint density at radius 1 is 1.15 bits per heavy atom. The lowest BCUT2D eigenvalue weighted by Crippen LogP contribution is -2.55. The number of rotatable bonds is 11. The highest BCUT2D eigenvalue weighted by atomic mass is 32.1. The van der Waals surface area contributed by atoms with Crippen LogP contribution in [0.1, 0.15) is 55.7 Å². The van der Waals surface area contributed by atoms with Gasteiger partial charge in [-0.2, -0.15) is 15.2 Å². The molecule has 5 aliphatic rings.